The number of nitrogens with zero attached hydrogens (tertiary/aromatic N) is 3. The van der Waals surface area contributed by atoms with Crippen LogP contribution in [-0.4, -0.2) is 4.57 Å². The summed E-state index contributed by atoms with van der Waals surface area (Å²) in [6, 6.07) is 139. The van der Waals surface area contributed by atoms with Gasteiger partial charge in [-0.25, -0.2) is 0 Å². The normalized spacial score (nSPS) is 22.7. The summed E-state index contributed by atoms with van der Waals surface area (Å²) >= 11 is 0. The number of rotatable bonds is 11. The molecule has 11 aliphatic carbocycles. The van der Waals surface area contributed by atoms with E-state index in [1.54, 1.807) is 22.3 Å². The first-order chi connectivity index (χ1) is 59.2. The second-order valence-corrected chi connectivity index (χ2v) is 37.4. The van der Waals surface area contributed by atoms with Crippen LogP contribution in [0.2, 0.25) is 0 Å². The van der Waals surface area contributed by atoms with E-state index < -0.39 is 0 Å². The summed E-state index contributed by atoms with van der Waals surface area (Å²) in [5, 5.41) is 5.04. The topological polar surface area (TPSA) is 11.4 Å². The quantitative estimate of drug-likeness (QED) is 0.128. The molecule has 1 aromatic heterocycles. The molecular weight excluding hydrogens is 1450 g/mol. The largest absolute Gasteiger partial charge is 0.310 e. The second-order valence-electron chi connectivity index (χ2n) is 37.4. The fourth-order valence-electron chi connectivity index (χ4n) is 26.8. The van der Waals surface area contributed by atoms with Gasteiger partial charge in [-0.15, -0.1) is 0 Å². The Morgan fingerprint density at radius 3 is 1.10 bits per heavy atom. The monoisotopic (exact) mass is 1540 g/mol. The maximum absolute atomic E-state index is 2.52. The Balaban J connectivity index is 0.000000134. The van der Waals surface area contributed by atoms with Gasteiger partial charge in [-0.2, -0.15) is 0 Å². The first-order valence-corrected chi connectivity index (χ1v) is 44.5. The summed E-state index contributed by atoms with van der Waals surface area (Å²) in [7, 11) is 0. The van der Waals surface area contributed by atoms with Gasteiger partial charge in [0.25, 0.3) is 0 Å². The van der Waals surface area contributed by atoms with Gasteiger partial charge in [0.05, 0.1) is 16.7 Å². The van der Waals surface area contributed by atoms with E-state index in [1.165, 1.54) is 191 Å². The van der Waals surface area contributed by atoms with Crippen LogP contribution in [0.1, 0.15) is 111 Å². The zero-order valence-electron chi connectivity index (χ0n) is 68.2. The van der Waals surface area contributed by atoms with Crippen molar-refractivity contribution in [1.82, 2.24) is 4.57 Å². The van der Waals surface area contributed by atoms with Crippen LogP contribution in [-0.2, 0) is 16.2 Å². The predicted octanol–water partition coefficient (Wildman–Crippen LogP) is 31.0. The molecule has 0 radical (unpaired) electrons. The highest BCUT2D eigenvalue weighted by Crippen LogP contribution is 2.72. The lowest BCUT2D eigenvalue weighted by molar-refractivity contribution is -0.0399. The molecule has 0 amide bonds. The van der Waals surface area contributed by atoms with Crippen LogP contribution in [0.15, 0.2) is 370 Å². The molecule has 17 aromatic rings. The van der Waals surface area contributed by atoms with Crippen LogP contribution in [0.5, 0.6) is 0 Å². The maximum atomic E-state index is 2.52. The van der Waals surface area contributed by atoms with E-state index in [-0.39, 0.29) is 16.2 Å². The van der Waals surface area contributed by atoms with E-state index in [1.807, 2.05) is 0 Å². The smallest absolute Gasteiger partial charge is 0.0541 e. The van der Waals surface area contributed by atoms with E-state index in [2.05, 4.69) is 398 Å². The molecule has 0 atom stereocenters. The van der Waals surface area contributed by atoms with Crippen LogP contribution in [0.25, 0.3) is 116 Å². The lowest BCUT2D eigenvalue weighted by atomic mass is 9.43. The fraction of sp³-hybridized carbons (Fsp3) is 0.197. The summed E-state index contributed by atoms with van der Waals surface area (Å²) in [6.07, 6.45) is 14.2. The van der Waals surface area contributed by atoms with Crippen molar-refractivity contribution in [3.8, 4) is 83.6 Å². The van der Waals surface area contributed by atoms with E-state index in [4.69, 9.17) is 0 Å². The van der Waals surface area contributed by atoms with Crippen molar-refractivity contribution >= 4 is 66.7 Å². The van der Waals surface area contributed by atoms with E-state index >= 15 is 0 Å². The lowest BCUT2D eigenvalue weighted by Gasteiger charge is -2.61. The minimum atomic E-state index is -0.0509. The van der Waals surface area contributed by atoms with Crippen molar-refractivity contribution in [2.24, 2.45) is 47.3 Å². The molecule has 3 heteroatoms. The molecule has 120 heavy (non-hydrogen) atoms. The van der Waals surface area contributed by atoms with Crippen LogP contribution in [0.3, 0.4) is 0 Å². The highest BCUT2D eigenvalue weighted by Gasteiger charge is 2.63. The van der Waals surface area contributed by atoms with Gasteiger partial charge >= 0.3 is 0 Å². The van der Waals surface area contributed by atoms with Crippen molar-refractivity contribution in [2.45, 2.75) is 94.3 Å². The molecule has 28 rings (SSSR count). The van der Waals surface area contributed by atoms with Crippen LogP contribution < -0.4 is 9.80 Å². The molecule has 0 unspecified atom stereocenters. The number of hydrogen-bond donors (Lipinski definition) is 0. The molecule has 8 fully saturated rings. The molecule has 578 valence electrons. The van der Waals surface area contributed by atoms with E-state index in [0.29, 0.717) is 0 Å². The maximum Gasteiger partial charge on any atom is 0.0541 e. The zero-order chi connectivity index (χ0) is 79.1. The number of aromatic nitrogens is 1. The fourth-order valence-corrected chi connectivity index (χ4v) is 26.8. The van der Waals surface area contributed by atoms with Crippen LogP contribution in [0, 0.1) is 47.3 Å². The van der Waals surface area contributed by atoms with E-state index in [0.717, 1.165) is 81.5 Å². The van der Waals surface area contributed by atoms with E-state index in [9.17, 15) is 0 Å². The summed E-state index contributed by atoms with van der Waals surface area (Å²) in [5.41, 5.74) is 38.9. The molecule has 1 heterocycles. The number of hydrogen-bond acceptors (Lipinski definition) is 2. The van der Waals surface area contributed by atoms with Crippen LogP contribution in [0.4, 0.5) is 34.1 Å². The Labute approximate surface area is 705 Å². The molecule has 0 N–H and O–H groups in total. The molecular formula is C117H95N3. The van der Waals surface area contributed by atoms with Gasteiger partial charge in [0, 0.05) is 66.5 Å². The summed E-state index contributed by atoms with van der Waals surface area (Å²) < 4.78 is 2.41. The Kier molecular flexibility index (Phi) is 15.9. The Morgan fingerprint density at radius 1 is 0.242 bits per heavy atom. The highest BCUT2D eigenvalue weighted by molar-refractivity contribution is 6.09. The number of fused-ring (bicyclic) bond motifs is 13. The number of benzene rings is 16. The van der Waals surface area contributed by atoms with Gasteiger partial charge in [-0.3, -0.25) is 0 Å². The van der Waals surface area contributed by atoms with Gasteiger partial charge in [0.2, 0.25) is 0 Å². The average Bonchev–Trinajstić information content (AvgIpc) is 1.54. The molecule has 8 saturated carbocycles. The van der Waals surface area contributed by atoms with Gasteiger partial charge in [0.1, 0.15) is 0 Å². The molecule has 0 aliphatic heterocycles. The molecule has 2 spiro atoms. The van der Waals surface area contributed by atoms with Crippen molar-refractivity contribution in [3.05, 3.63) is 403 Å². The number of anilines is 6. The highest BCUT2D eigenvalue weighted by atomic mass is 15.1. The Hall–Kier alpha value is -12.8. The second kappa shape index (κ2) is 27.1. The minimum Gasteiger partial charge on any atom is -0.310 e. The van der Waals surface area contributed by atoms with Crippen molar-refractivity contribution in [2.75, 3.05) is 9.80 Å². The average molecular weight is 1540 g/mol. The third-order valence-corrected chi connectivity index (χ3v) is 31.3. The van der Waals surface area contributed by atoms with Crippen molar-refractivity contribution < 1.29 is 0 Å². The summed E-state index contributed by atoms with van der Waals surface area (Å²) in [4.78, 5) is 4.89. The molecule has 3 nitrogen and oxygen atoms in total. The molecule has 0 saturated heterocycles. The summed E-state index contributed by atoms with van der Waals surface area (Å²) in [5.74, 6) is 6.80. The van der Waals surface area contributed by atoms with Crippen molar-refractivity contribution in [3.63, 3.8) is 0 Å². The zero-order valence-corrected chi connectivity index (χ0v) is 68.2. The Bertz CT molecular complexity index is 6820. The number of para-hydroxylation sites is 2. The van der Waals surface area contributed by atoms with Gasteiger partial charge < -0.3 is 14.4 Å². The lowest BCUT2D eigenvalue weighted by Crippen LogP contribution is -2.55. The van der Waals surface area contributed by atoms with Gasteiger partial charge in [0.15, 0.2) is 0 Å². The third kappa shape index (κ3) is 10.5. The van der Waals surface area contributed by atoms with Gasteiger partial charge in [-0.1, -0.05) is 293 Å². The third-order valence-electron chi connectivity index (χ3n) is 31.3. The van der Waals surface area contributed by atoms with Crippen molar-refractivity contribution in [1.29, 1.82) is 0 Å². The molecule has 16 aromatic carbocycles. The predicted molar refractivity (Wildman–Crippen MR) is 500 cm³/mol. The SMILES string of the molecule is CC1(C)c2ccccc2-c2cc(N(c3ccc(-c4cccc5c4-c4ccccc4C54C5CC6CC(C5)CC4C6)cc3)c3ccc(-n4c5ccccc5c5ccccc54)cc3)ccc21.c1ccc(-c2ccc(-c3ccc(N(c4ccc(-c5cccc6c5-c5ccccc5C65C6CC7CC(C6)CC5C7)cc4)c4cccc5ccccc45)cc3)cc2)cc1. The minimum absolute atomic E-state index is 0.0509. The Morgan fingerprint density at radius 2 is 0.592 bits per heavy atom. The standard InChI is InChI=1S/C61H50N2.C56H45N/c1-60(2)53-17-7-3-12-48(53)52-37-46(30-31-54(52)60)62(44-26-28-45(29-27-44)63-57-20-9-5-13-49(57)50-14-6-10-21-58(50)63)43-24-22-40(23-25-43)47-16-11-19-56-59(47)51-15-4-8-18-55(51)61(56)41-33-38-32-39(35-41)36-42(61)34-38;1-2-10-39(11-3-1)40-20-22-41(23-21-40)42-24-28-47(29-25-42)57(54-19-8-13-43-12-4-5-14-49(43)54)48-30-26-44(27-31-48)50-16-9-18-53-55(50)51-15-6-7-17-52(51)56(53)45-33-37-32-38(35-45)36-46(56)34-37/h3-31,37-39,41-42H,32-36H2,1-2H3;1-31,37-38,45-46H,32-36H2. The molecule has 11 aliphatic rings. The van der Waals surface area contributed by atoms with Gasteiger partial charge in [-0.05, 0) is 319 Å². The first kappa shape index (κ1) is 70.2. The molecule has 8 bridgehead atoms. The van der Waals surface area contributed by atoms with Crippen LogP contribution >= 0.6 is 0 Å². The summed E-state index contributed by atoms with van der Waals surface area (Å²) in [6.45, 7) is 4.73. The first-order valence-electron chi connectivity index (χ1n) is 44.5.